The van der Waals surface area contributed by atoms with Gasteiger partial charge in [-0.05, 0) is 61.2 Å². The second-order valence-corrected chi connectivity index (χ2v) is 5.61. The summed E-state index contributed by atoms with van der Waals surface area (Å²) in [5.74, 6) is 4.80. The smallest absolute Gasteiger partial charge is 0.00953 e. The summed E-state index contributed by atoms with van der Waals surface area (Å²) in [6, 6.07) is 0. The van der Waals surface area contributed by atoms with Gasteiger partial charge in [0.15, 0.2) is 0 Å². The fourth-order valence-electron chi connectivity index (χ4n) is 2.09. The van der Waals surface area contributed by atoms with Crippen LogP contribution >= 0.6 is 37.9 Å². The van der Waals surface area contributed by atoms with E-state index in [2.05, 4.69) is 44.8 Å². The first kappa shape index (κ1) is 16.1. The van der Waals surface area contributed by atoms with Gasteiger partial charge in [0.2, 0.25) is 0 Å². The minimum atomic E-state index is 0.861. The first-order valence-corrected chi connectivity index (χ1v) is 8.00. The molecule has 0 radical (unpaired) electrons. The lowest BCUT2D eigenvalue weighted by Crippen LogP contribution is -2.10. The highest BCUT2D eigenvalue weighted by atomic mass is 32.1. The third-order valence-corrected chi connectivity index (χ3v) is 3.92. The molecule has 0 saturated carbocycles. The maximum Gasteiger partial charge on any atom is -0.00953 e. The van der Waals surface area contributed by atoms with Crippen LogP contribution < -0.4 is 0 Å². The molecule has 0 aliphatic rings. The normalized spacial score (nSPS) is 15.2. The third kappa shape index (κ3) is 8.82. The highest BCUT2D eigenvalue weighted by Crippen LogP contribution is 2.25. The monoisotopic (exact) mass is 266 g/mol. The maximum absolute atomic E-state index is 4.35. The Morgan fingerprint density at radius 1 is 0.800 bits per heavy atom. The molecule has 0 amide bonds. The van der Waals surface area contributed by atoms with Crippen molar-refractivity contribution in [2.24, 2.45) is 11.8 Å². The molecule has 0 spiro atoms. The molecular weight excluding hydrogens is 240 g/mol. The fourth-order valence-corrected chi connectivity index (χ4v) is 3.00. The quantitative estimate of drug-likeness (QED) is 0.481. The molecule has 0 nitrogen and oxygen atoms in total. The van der Waals surface area contributed by atoms with Crippen LogP contribution in [-0.4, -0.2) is 17.3 Å². The number of hydrogen-bond acceptors (Lipinski definition) is 3. The second kappa shape index (κ2) is 11.5. The van der Waals surface area contributed by atoms with Crippen LogP contribution in [0.3, 0.4) is 0 Å². The van der Waals surface area contributed by atoms with Crippen LogP contribution in [0.2, 0.25) is 0 Å². The summed E-state index contributed by atoms with van der Waals surface area (Å²) in [4.78, 5) is 0. The molecule has 0 fully saturated rings. The molecule has 15 heavy (non-hydrogen) atoms. The van der Waals surface area contributed by atoms with Crippen molar-refractivity contribution in [2.45, 2.75) is 45.4 Å². The SMILES string of the molecule is CCC(CCS)CC(CCS)CCCS. The highest BCUT2D eigenvalue weighted by molar-refractivity contribution is 7.80. The average Bonchev–Trinajstić information content (AvgIpc) is 2.25. The Balaban J connectivity index is 3.87. The van der Waals surface area contributed by atoms with Gasteiger partial charge in [0.25, 0.3) is 0 Å². The van der Waals surface area contributed by atoms with E-state index in [-0.39, 0.29) is 0 Å². The predicted molar refractivity (Wildman–Crippen MR) is 81.9 cm³/mol. The summed E-state index contributed by atoms with van der Waals surface area (Å²) >= 11 is 13.0. The molecule has 0 aromatic rings. The fraction of sp³-hybridized carbons (Fsp3) is 1.00. The van der Waals surface area contributed by atoms with Gasteiger partial charge in [-0.15, -0.1) is 0 Å². The van der Waals surface area contributed by atoms with Crippen molar-refractivity contribution in [1.29, 1.82) is 0 Å². The van der Waals surface area contributed by atoms with Gasteiger partial charge in [-0.3, -0.25) is 0 Å². The van der Waals surface area contributed by atoms with Crippen LogP contribution in [0.1, 0.15) is 45.4 Å². The molecule has 92 valence electrons. The third-order valence-electron chi connectivity index (χ3n) is 3.09. The lowest BCUT2D eigenvalue weighted by atomic mass is 9.86. The van der Waals surface area contributed by atoms with Gasteiger partial charge in [0.1, 0.15) is 0 Å². The molecule has 0 saturated heterocycles. The van der Waals surface area contributed by atoms with Gasteiger partial charge in [0, 0.05) is 0 Å². The zero-order chi connectivity index (χ0) is 11.5. The van der Waals surface area contributed by atoms with Gasteiger partial charge in [-0.1, -0.05) is 13.3 Å². The van der Waals surface area contributed by atoms with Crippen LogP contribution in [0, 0.1) is 11.8 Å². The van der Waals surface area contributed by atoms with E-state index in [1.165, 1.54) is 38.5 Å². The van der Waals surface area contributed by atoms with Crippen LogP contribution in [0.25, 0.3) is 0 Å². The maximum atomic E-state index is 4.35. The Labute approximate surface area is 112 Å². The minimum absolute atomic E-state index is 0.861. The van der Waals surface area contributed by atoms with Crippen molar-refractivity contribution in [2.75, 3.05) is 17.3 Å². The Bertz CT molecular complexity index is 128. The first-order chi connectivity index (χ1) is 7.28. The standard InChI is InChI=1S/C12H26S3/c1-2-11(5-8-14)10-12(6-9-15)4-3-7-13/h11-15H,2-10H2,1H3. The summed E-state index contributed by atoms with van der Waals surface area (Å²) in [6.45, 7) is 2.30. The van der Waals surface area contributed by atoms with E-state index in [0.29, 0.717) is 0 Å². The second-order valence-electron chi connectivity index (χ2n) is 4.27. The Morgan fingerprint density at radius 3 is 1.87 bits per heavy atom. The van der Waals surface area contributed by atoms with Gasteiger partial charge >= 0.3 is 0 Å². The van der Waals surface area contributed by atoms with Gasteiger partial charge in [0.05, 0.1) is 0 Å². The van der Waals surface area contributed by atoms with E-state index >= 15 is 0 Å². The summed E-state index contributed by atoms with van der Waals surface area (Å²) < 4.78 is 0. The number of hydrogen-bond donors (Lipinski definition) is 3. The molecule has 0 aliphatic carbocycles. The zero-order valence-corrected chi connectivity index (χ0v) is 12.5. The van der Waals surface area contributed by atoms with Crippen LogP contribution in [0.15, 0.2) is 0 Å². The number of rotatable bonds is 10. The van der Waals surface area contributed by atoms with Crippen molar-refractivity contribution < 1.29 is 0 Å². The molecule has 0 rings (SSSR count). The Morgan fingerprint density at radius 2 is 1.40 bits per heavy atom. The molecule has 2 unspecified atom stereocenters. The summed E-state index contributed by atoms with van der Waals surface area (Å²) in [5.41, 5.74) is 0. The molecule has 3 heteroatoms. The van der Waals surface area contributed by atoms with E-state index < -0.39 is 0 Å². The highest BCUT2D eigenvalue weighted by Gasteiger charge is 2.13. The van der Waals surface area contributed by atoms with E-state index in [4.69, 9.17) is 0 Å². The molecule has 0 aromatic carbocycles. The van der Waals surface area contributed by atoms with Gasteiger partial charge < -0.3 is 0 Å². The molecule has 0 aliphatic heterocycles. The Hall–Kier alpha value is 1.05. The average molecular weight is 267 g/mol. The van der Waals surface area contributed by atoms with Crippen LogP contribution in [0.5, 0.6) is 0 Å². The van der Waals surface area contributed by atoms with Gasteiger partial charge in [-0.25, -0.2) is 0 Å². The number of thiol groups is 3. The van der Waals surface area contributed by atoms with Crippen molar-refractivity contribution in [3.63, 3.8) is 0 Å². The summed E-state index contributed by atoms with van der Waals surface area (Å²) in [7, 11) is 0. The topological polar surface area (TPSA) is 0 Å². The lowest BCUT2D eigenvalue weighted by Gasteiger charge is -2.21. The Kier molecular flexibility index (Phi) is 12.3. The van der Waals surface area contributed by atoms with Crippen LogP contribution in [-0.2, 0) is 0 Å². The summed E-state index contributed by atoms with van der Waals surface area (Å²) in [5, 5.41) is 0. The molecular formula is C12H26S3. The van der Waals surface area contributed by atoms with Crippen molar-refractivity contribution >= 4 is 37.9 Å². The lowest BCUT2D eigenvalue weighted by molar-refractivity contribution is 0.332. The zero-order valence-electron chi connectivity index (χ0n) is 9.86. The van der Waals surface area contributed by atoms with E-state index in [1.54, 1.807) is 0 Å². The van der Waals surface area contributed by atoms with E-state index in [0.717, 1.165) is 29.1 Å². The largest absolute Gasteiger partial charge is 0.179 e. The van der Waals surface area contributed by atoms with Crippen molar-refractivity contribution in [3.05, 3.63) is 0 Å². The first-order valence-electron chi connectivity index (χ1n) is 6.11. The predicted octanol–water partition coefficient (Wildman–Crippen LogP) is 4.37. The van der Waals surface area contributed by atoms with E-state index in [1.807, 2.05) is 0 Å². The van der Waals surface area contributed by atoms with Crippen molar-refractivity contribution in [1.82, 2.24) is 0 Å². The molecule has 0 aromatic heterocycles. The minimum Gasteiger partial charge on any atom is -0.179 e. The van der Waals surface area contributed by atoms with Gasteiger partial charge in [-0.2, -0.15) is 37.9 Å². The summed E-state index contributed by atoms with van der Waals surface area (Å²) in [6.07, 6.45) is 7.77. The van der Waals surface area contributed by atoms with E-state index in [9.17, 15) is 0 Å². The molecule has 0 N–H and O–H groups in total. The van der Waals surface area contributed by atoms with Crippen molar-refractivity contribution in [3.8, 4) is 0 Å². The molecule has 2 atom stereocenters. The molecule has 0 bridgehead atoms. The van der Waals surface area contributed by atoms with Crippen LogP contribution in [0.4, 0.5) is 0 Å². The molecule has 0 heterocycles.